The van der Waals surface area contributed by atoms with E-state index in [9.17, 15) is 14.3 Å². The number of alkyl carbamates (subject to hydrolysis) is 1. The fourth-order valence-corrected chi connectivity index (χ4v) is 3.88. The zero-order valence-electron chi connectivity index (χ0n) is 18.2. The number of nitrogens with zero attached hydrogens (tertiary/aromatic N) is 2. The van der Waals surface area contributed by atoms with E-state index in [-0.39, 0.29) is 42.9 Å². The number of pyridine rings is 2. The van der Waals surface area contributed by atoms with Gasteiger partial charge in [-0.25, -0.2) is 14.2 Å². The second kappa shape index (κ2) is 10.5. The van der Waals surface area contributed by atoms with Crippen molar-refractivity contribution in [2.75, 3.05) is 13.7 Å². The number of methoxy groups -OCH3 is 1. The third kappa shape index (κ3) is 5.74. The number of hydrogen-bond acceptors (Lipinski definition) is 7. The van der Waals surface area contributed by atoms with Gasteiger partial charge in [0.2, 0.25) is 5.88 Å². The van der Waals surface area contributed by atoms with Gasteiger partial charge in [-0.2, -0.15) is 0 Å². The van der Waals surface area contributed by atoms with Crippen LogP contribution in [0.5, 0.6) is 5.88 Å². The molecule has 174 valence electrons. The average molecular weight is 455 g/mol. The molecule has 0 bridgehead atoms. The number of ether oxygens (including phenoxy) is 3. The molecule has 1 fully saturated rings. The Morgan fingerprint density at radius 2 is 2.09 bits per heavy atom. The lowest BCUT2D eigenvalue weighted by atomic mass is 9.96. The van der Waals surface area contributed by atoms with Crippen LogP contribution in [-0.2, 0) is 16.1 Å². The number of halogens is 1. The van der Waals surface area contributed by atoms with E-state index in [0.717, 1.165) is 11.8 Å². The summed E-state index contributed by atoms with van der Waals surface area (Å²) in [5.74, 6) is -0.322. The minimum Gasteiger partial charge on any atom is -0.481 e. The molecule has 33 heavy (non-hydrogen) atoms. The van der Waals surface area contributed by atoms with E-state index in [4.69, 9.17) is 14.2 Å². The molecule has 1 aliphatic heterocycles. The van der Waals surface area contributed by atoms with Crippen molar-refractivity contribution in [3.63, 3.8) is 0 Å². The topological polar surface area (TPSA) is 103 Å². The largest absolute Gasteiger partial charge is 0.481 e. The van der Waals surface area contributed by atoms with Gasteiger partial charge in [0.15, 0.2) is 0 Å². The fourth-order valence-electron chi connectivity index (χ4n) is 3.88. The first-order valence-corrected chi connectivity index (χ1v) is 10.8. The molecule has 4 rings (SSSR count). The Kier molecular flexibility index (Phi) is 7.31. The third-order valence-corrected chi connectivity index (χ3v) is 5.61. The fraction of sp³-hybridized carbons (Fsp3) is 0.375. The van der Waals surface area contributed by atoms with Crippen molar-refractivity contribution < 1.29 is 28.5 Å². The molecular formula is C24H26FN3O5. The van der Waals surface area contributed by atoms with Crippen molar-refractivity contribution in [3.8, 4) is 5.88 Å². The molecule has 2 N–H and O–H groups in total. The molecule has 1 amide bonds. The minimum atomic E-state index is -1.12. The second-order valence-corrected chi connectivity index (χ2v) is 7.93. The van der Waals surface area contributed by atoms with Crippen LogP contribution in [0.25, 0.3) is 11.0 Å². The van der Waals surface area contributed by atoms with Gasteiger partial charge in [-0.05, 0) is 24.5 Å². The van der Waals surface area contributed by atoms with E-state index in [2.05, 4.69) is 15.3 Å². The Labute approximate surface area is 190 Å². The van der Waals surface area contributed by atoms with E-state index >= 15 is 0 Å². The molecule has 3 heterocycles. The molecule has 0 spiro atoms. The summed E-state index contributed by atoms with van der Waals surface area (Å²) in [5.41, 5.74) is 1.71. The van der Waals surface area contributed by atoms with E-state index in [1.807, 2.05) is 30.3 Å². The number of carbonyl (C=O) groups is 1. The monoisotopic (exact) mass is 455 g/mol. The van der Waals surface area contributed by atoms with Crippen LogP contribution in [0.3, 0.4) is 0 Å². The normalized spacial score (nSPS) is 19.1. The number of benzene rings is 1. The van der Waals surface area contributed by atoms with Gasteiger partial charge in [0.25, 0.3) is 0 Å². The molecule has 3 unspecified atom stereocenters. The van der Waals surface area contributed by atoms with E-state index < -0.39 is 18.0 Å². The molecular weight excluding hydrogens is 429 g/mol. The zero-order chi connectivity index (χ0) is 23.2. The molecule has 2 aromatic heterocycles. The lowest BCUT2D eigenvalue weighted by Crippen LogP contribution is -2.43. The lowest BCUT2D eigenvalue weighted by molar-refractivity contribution is -0.0298. The lowest BCUT2D eigenvalue weighted by Gasteiger charge is -2.30. The first-order chi connectivity index (χ1) is 16.0. The Balaban J connectivity index is 1.30. The molecule has 3 atom stereocenters. The maximum Gasteiger partial charge on any atom is 0.407 e. The Morgan fingerprint density at radius 1 is 1.27 bits per heavy atom. The average Bonchev–Trinajstić information content (AvgIpc) is 2.84. The number of carbonyl (C=O) groups excluding carboxylic acids is 1. The van der Waals surface area contributed by atoms with Crippen LogP contribution in [0.1, 0.15) is 36.5 Å². The summed E-state index contributed by atoms with van der Waals surface area (Å²) < 4.78 is 30.7. The summed E-state index contributed by atoms with van der Waals surface area (Å²) in [6.07, 6.45) is 0.618. The molecule has 1 saturated heterocycles. The van der Waals surface area contributed by atoms with Crippen LogP contribution in [0, 0.1) is 5.82 Å². The summed E-state index contributed by atoms with van der Waals surface area (Å²) in [5, 5.41) is 13.6. The number of aliphatic hydroxyl groups excluding tert-OH is 1. The van der Waals surface area contributed by atoms with Gasteiger partial charge in [-0.15, -0.1) is 0 Å². The Bertz CT molecular complexity index is 1090. The first-order valence-electron chi connectivity index (χ1n) is 10.8. The first kappa shape index (κ1) is 22.9. The smallest absolute Gasteiger partial charge is 0.407 e. The standard InChI is InChI=1S/C24H26FN3O5/c1-31-21-10-9-19-23(28-21)22(18(25)12-26-19)20(29)11-17-8-7-16(14-32-17)27-24(30)33-13-15-5-3-2-4-6-15/h2-6,9-10,12,16-17,20,29H,7-8,11,13-14H2,1H3,(H,27,30). The number of nitrogens with one attached hydrogen (secondary N) is 1. The number of rotatable bonds is 7. The Morgan fingerprint density at radius 3 is 2.82 bits per heavy atom. The summed E-state index contributed by atoms with van der Waals surface area (Å²) in [4.78, 5) is 20.3. The summed E-state index contributed by atoms with van der Waals surface area (Å²) in [7, 11) is 1.47. The van der Waals surface area contributed by atoms with Crippen LogP contribution in [-0.4, -0.2) is 47.0 Å². The summed E-state index contributed by atoms with van der Waals surface area (Å²) in [6, 6.07) is 12.5. The van der Waals surface area contributed by atoms with Crippen molar-refractivity contribution >= 4 is 17.1 Å². The highest BCUT2D eigenvalue weighted by Gasteiger charge is 2.28. The molecule has 0 aliphatic carbocycles. The molecule has 8 nitrogen and oxygen atoms in total. The molecule has 1 aliphatic rings. The van der Waals surface area contributed by atoms with Crippen LogP contribution in [0.15, 0.2) is 48.7 Å². The van der Waals surface area contributed by atoms with E-state index in [1.54, 1.807) is 12.1 Å². The van der Waals surface area contributed by atoms with E-state index in [0.29, 0.717) is 24.2 Å². The number of hydrogen-bond donors (Lipinski definition) is 2. The molecule has 0 radical (unpaired) electrons. The van der Waals surface area contributed by atoms with Crippen molar-refractivity contribution in [1.82, 2.24) is 15.3 Å². The van der Waals surface area contributed by atoms with Gasteiger partial charge in [-0.3, -0.25) is 4.98 Å². The predicted molar refractivity (Wildman–Crippen MR) is 118 cm³/mol. The molecule has 1 aromatic carbocycles. The third-order valence-electron chi connectivity index (χ3n) is 5.61. The van der Waals surface area contributed by atoms with Crippen LogP contribution >= 0.6 is 0 Å². The number of amides is 1. The number of aliphatic hydroxyl groups is 1. The SMILES string of the molecule is COc1ccc2ncc(F)c(C(O)CC3CCC(NC(=O)OCc4ccccc4)CO3)c2n1. The Hall–Kier alpha value is -3.30. The van der Waals surface area contributed by atoms with Crippen molar-refractivity contribution in [1.29, 1.82) is 0 Å². The van der Waals surface area contributed by atoms with Gasteiger partial charge in [0, 0.05) is 18.1 Å². The van der Waals surface area contributed by atoms with Gasteiger partial charge in [0.1, 0.15) is 17.9 Å². The molecule has 9 heteroatoms. The molecule has 3 aromatic rings. The maximum atomic E-state index is 14.6. The number of fused-ring (bicyclic) bond motifs is 1. The van der Waals surface area contributed by atoms with Crippen molar-refractivity contribution in [2.24, 2.45) is 0 Å². The van der Waals surface area contributed by atoms with Crippen molar-refractivity contribution in [2.45, 2.75) is 44.1 Å². The highest BCUT2D eigenvalue weighted by Crippen LogP contribution is 2.31. The zero-order valence-corrected chi connectivity index (χ0v) is 18.2. The summed E-state index contributed by atoms with van der Waals surface area (Å²) in [6.45, 7) is 0.475. The van der Waals surface area contributed by atoms with E-state index in [1.165, 1.54) is 7.11 Å². The highest BCUT2D eigenvalue weighted by molar-refractivity contribution is 5.78. The van der Waals surface area contributed by atoms with Gasteiger partial charge in [0.05, 0.1) is 43.7 Å². The van der Waals surface area contributed by atoms with Crippen LogP contribution in [0.2, 0.25) is 0 Å². The van der Waals surface area contributed by atoms with Crippen molar-refractivity contribution in [3.05, 3.63) is 65.6 Å². The molecule has 0 saturated carbocycles. The quantitative estimate of drug-likeness (QED) is 0.560. The second-order valence-electron chi connectivity index (χ2n) is 7.93. The summed E-state index contributed by atoms with van der Waals surface area (Å²) >= 11 is 0. The predicted octanol–water partition coefficient (Wildman–Crippen LogP) is 3.68. The maximum absolute atomic E-state index is 14.6. The number of aromatic nitrogens is 2. The van der Waals surface area contributed by atoms with Crippen LogP contribution < -0.4 is 10.1 Å². The minimum absolute atomic E-state index is 0.0761. The van der Waals surface area contributed by atoms with Gasteiger partial charge < -0.3 is 24.6 Å². The van der Waals surface area contributed by atoms with Crippen LogP contribution in [0.4, 0.5) is 9.18 Å². The van der Waals surface area contributed by atoms with Gasteiger partial charge >= 0.3 is 6.09 Å². The highest BCUT2D eigenvalue weighted by atomic mass is 19.1. The van der Waals surface area contributed by atoms with Gasteiger partial charge in [-0.1, -0.05) is 30.3 Å².